The number of nitrogens with one attached hydrogen (secondary N) is 1. The van der Waals surface area contributed by atoms with Gasteiger partial charge in [-0.25, -0.2) is 0 Å². The minimum Gasteiger partial charge on any atom is -0.481 e. The Morgan fingerprint density at radius 2 is 2.40 bits per heavy atom. The number of nitrogens with zero attached hydrogens (tertiary/aromatic N) is 2. The van der Waals surface area contributed by atoms with Crippen LogP contribution in [0.3, 0.4) is 0 Å². The van der Waals surface area contributed by atoms with Gasteiger partial charge in [0.25, 0.3) is 0 Å². The highest BCUT2D eigenvalue weighted by Crippen LogP contribution is 2.30. The third kappa shape index (κ3) is 2.23. The number of aryl methyl sites for hydroxylation is 1. The molecule has 0 radical (unpaired) electrons. The molecule has 6 heteroatoms. The lowest BCUT2D eigenvalue weighted by Gasteiger charge is -1.98. The molecule has 1 fully saturated rings. The molecule has 0 aromatic carbocycles. The van der Waals surface area contributed by atoms with Crippen molar-refractivity contribution in [2.24, 2.45) is 7.05 Å². The van der Waals surface area contributed by atoms with E-state index in [0.29, 0.717) is 22.6 Å². The predicted molar refractivity (Wildman–Crippen MR) is 56.2 cm³/mol. The fourth-order valence-corrected chi connectivity index (χ4v) is 1.66. The monoisotopic (exact) mass is 229 g/mol. The number of rotatable bonds is 4. The smallest absolute Gasteiger partial charge is 0.309 e. The average molecular weight is 230 g/mol. The average Bonchev–Trinajstić information content (AvgIpc) is 2.91. The van der Waals surface area contributed by atoms with Gasteiger partial charge in [-0.3, -0.25) is 9.48 Å². The largest absolute Gasteiger partial charge is 0.481 e. The van der Waals surface area contributed by atoms with Crippen molar-refractivity contribution in [1.29, 1.82) is 0 Å². The Kier molecular flexibility index (Phi) is 2.56. The van der Waals surface area contributed by atoms with Gasteiger partial charge < -0.3 is 10.4 Å². The molecule has 0 aliphatic heterocycles. The molecule has 1 aliphatic carbocycles. The van der Waals surface area contributed by atoms with E-state index in [2.05, 4.69) is 10.4 Å². The van der Waals surface area contributed by atoms with Crippen LogP contribution in [-0.2, 0) is 18.3 Å². The molecule has 5 nitrogen and oxygen atoms in total. The van der Waals surface area contributed by atoms with Crippen LogP contribution in [0.1, 0.15) is 18.5 Å². The number of aliphatic carboxylic acids is 1. The summed E-state index contributed by atoms with van der Waals surface area (Å²) in [6.45, 7) is 0. The lowest BCUT2D eigenvalue weighted by atomic mass is 10.3. The van der Waals surface area contributed by atoms with E-state index < -0.39 is 5.97 Å². The lowest BCUT2D eigenvalue weighted by Crippen LogP contribution is -2.06. The first-order chi connectivity index (χ1) is 7.08. The number of halogens is 1. The van der Waals surface area contributed by atoms with Crippen molar-refractivity contribution in [1.82, 2.24) is 9.78 Å². The molecule has 2 rings (SSSR count). The molecule has 0 unspecified atom stereocenters. The number of anilines is 1. The summed E-state index contributed by atoms with van der Waals surface area (Å²) in [5, 5.41) is 16.4. The molecule has 1 saturated carbocycles. The van der Waals surface area contributed by atoms with Crippen molar-refractivity contribution in [3.05, 3.63) is 10.7 Å². The molecule has 1 aromatic heterocycles. The zero-order valence-corrected chi connectivity index (χ0v) is 9.08. The fraction of sp³-hybridized carbons (Fsp3) is 0.556. The van der Waals surface area contributed by atoms with Crippen molar-refractivity contribution >= 4 is 23.4 Å². The van der Waals surface area contributed by atoms with Crippen LogP contribution in [0, 0.1) is 0 Å². The standard InChI is InChI=1S/C9H12ClN3O2/c1-13-6(4-7(14)15)8(10)9(12-13)11-5-2-3-5/h5H,2-4H2,1H3,(H,11,12)(H,14,15). The summed E-state index contributed by atoms with van der Waals surface area (Å²) >= 11 is 6.04. The van der Waals surface area contributed by atoms with Crippen LogP contribution < -0.4 is 5.32 Å². The Balaban J connectivity index is 2.21. The third-order valence-corrected chi connectivity index (χ3v) is 2.74. The Hall–Kier alpha value is -1.23. The quantitative estimate of drug-likeness (QED) is 0.816. The van der Waals surface area contributed by atoms with Crippen LogP contribution in [0.25, 0.3) is 0 Å². The highest BCUT2D eigenvalue weighted by molar-refractivity contribution is 6.33. The van der Waals surface area contributed by atoms with E-state index in [9.17, 15) is 4.79 Å². The van der Waals surface area contributed by atoms with Crippen molar-refractivity contribution in [3.8, 4) is 0 Å². The molecular weight excluding hydrogens is 218 g/mol. The predicted octanol–water partition coefficient (Wildman–Crippen LogP) is 1.27. The summed E-state index contributed by atoms with van der Waals surface area (Å²) < 4.78 is 1.52. The molecular formula is C9H12ClN3O2. The van der Waals surface area contributed by atoms with Gasteiger partial charge in [-0.15, -0.1) is 0 Å². The van der Waals surface area contributed by atoms with E-state index in [-0.39, 0.29) is 6.42 Å². The summed E-state index contributed by atoms with van der Waals surface area (Å²) in [7, 11) is 1.70. The zero-order chi connectivity index (χ0) is 11.0. The molecule has 0 spiro atoms. The number of hydrogen-bond acceptors (Lipinski definition) is 3. The first-order valence-electron chi connectivity index (χ1n) is 4.77. The minimum absolute atomic E-state index is 0.103. The normalized spacial score (nSPS) is 15.3. The molecule has 0 atom stereocenters. The zero-order valence-electron chi connectivity index (χ0n) is 8.33. The van der Waals surface area contributed by atoms with Crippen LogP contribution in [-0.4, -0.2) is 26.9 Å². The van der Waals surface area contributed by atoms with E-state index in [0.717, 1.165) is 12.8 Å². The van der Waals surface area contributed by atoms with Gasteiger partial charge in [-0.1, -0.05) is 11.6 Å². The van der Waals surface area contributed by atoms with Gasteiger partial charge in [0.1, 0.15) is 5.02 Å². The molecule has 2 N–H and O–H groups in total. The molecule has 1 heterocycles. The third-order valence-electron chi connectivity index (χ3n) is 2.34. The first kappa shape index (κ1) is 10.3. The molecule has 82 valence electrons. The maximum Gasteiger partial charge on any atom is 0.309 e. The summed E-state index contributed by atoms with van der Waals surface area (Å²) in [4.78, 5) is 10.6. The Bertz CT molecular complexity index is 398. The summed E-state index contributed by atoms with van der Waals surface area (Å²) in [6.07, 6.45) is 2.15. The number of hydrogen-bond donors (Lipinski definition) is 2. The van der Waals surface area contributed by atoms with Gasteiger partial charge in [-0.2, -0.15) is 5.10 Å². The summed E-state index contributed by atoms with van der Waals surface area (Å²) in [6, 6.07) is 0.454. The van der Waals surface area contributed by atoms with E-state index in [1.54, 1.807) is 7.05 Å². The molecule has 0 saturated heterocycles. The second-order valence-electron chi connectivity index (χ2n) is 3.72. The van der Waals surface area contributed by atoms with Gasteiger partial charge >= 0.3 is 5.97 Å². The summed E-state index contributed by atoms with van der Waals surface area (Å²) in [5.74, 6) is -0.309. The number of aromatic nitrogens is 2. The second kappa shape index (κ2) is 3.73. The van der Waals surface area contributed by atoms with Crippen molar-refractivity contribution in [3.63, 3.8) is 0 Å². The van der Waals surface area contributed by atoms with E-state index in [1.165, 1.54) is 4.68 Å². The van der Waals surface area contributed by atoms with Crippen LogP contribution in [0.2, 0.25) is 5.02 Å². The van der Waals surface area contributed by atoms with E-state index in [1.807, 2.05) is 0 Å². The first-order valence-corrected chi connectivity index (χ1v) is 5.15. The lowest BCUT2D eigenvalue weighted by molar-refractivity contribution is -0.136. The number of carboxylic acids is 1. The van der Waals surface area contributed by atoms with Gasteiger partial charge in [0.2, 0.25) is 0 Å². The van der Waals surface area contributed by atoms with Crippen LogP contribution >= 0.6 is 11.6 Å². The van der Waals surface area contributed by atoms with Crippen molar-refractivity contribution < 1.29 is 9.90 Å². The molecule has 1 aromatic rings. The van der Waals surface area contributed by atoms with Crippen LogP contribution in [0.5, 0.6) is 0 Å². The minimum atomic E-state index is -0.905. The Labute approximate surface area is 92.0 Å². The molecule has 1 aliphatic rings. The van der Waals surface area contributed by atoms with Gasteiger partial charge in [0.05, 0.1) is 12.1 Å². The fourth-order valence-electron chi connectivity index (χ4n) is 1.38. The Morgan fingerprint density at radius 3 is 2.93 bits per heavy atom. The van der Waals surface area contributed by atoms with Gasteiger partial charge in [0, 0.05) is 13.1 Å². The topological polar surface area (TPSA) is 67.2 Å². The van der Waals surface area contributed by atoms with Gasteiger partial charge in [0.15, 0.2) is 5.82 Å². The van der Waals surface area contributed by atoms with Crippen LogP contribution in [0.4, 0.5) is 5.82 Å². The maximum atomic E-state index is 10.6. The highest BCUT2D eigenvalue weighted by Gasteiger charge is 2.25. The van der Waals surface area contributed by atoms with Crippen LogP contribution in [0.15, 0.2) is 0 Å². The molecule has 15 heavy (non-hydrogen) atoms. The van der Waals surface area contributed by atoms with Crippen molar-refractivity contribution in [2.75, 3.05) is 5.32 Å². The second-order valence-corrected chi connectivity index (χ2v) is 4.10. The maximum absolute atomic E-state index is 10.6. The Morgan fingerprint density at radius 1 is 1.73 bits per heavy atom. The number of carbonyl (C=O) groups is 1. The molecule has 0 bridgehead atoms. The van der Waals surface area contributed by atoms with E-state index >= 15 is 0 Å². The molecule has 0 amide bonds. The SMILES string of the molecule is Cn1nc(NC2CC2)c(Cl)c1CC(=O)O. The highest BCUT2D eigenvalue weighted by atomic mass is 35.5. The van der Waals surface area contributed by atoms with Gasteiger partial charge in [-0.05, 0) is 12.8 Å². The van der Waals surface area contributed by atoms with Crippen molar-refractivity contribution in [2.45, 2.75) is 25.3 Å². The van der Waals surface area contributed by atoms with E-state index in [4.69, 9.17) is 16.7 Å². The summed E-state index contributed by atoms with van der Waals surface area (Å²) in [5.41, 5.74) is 0.535. The number of carboxylic acid groups (broad SMARTS) is 1.